The number of halogens is 1. The highest BCUT2D eigenvalue weighted by Gasteiger charge is 2.28. The first-order chi connectivity index (χ1) is 9.05. The molecule has 0 radical (unpaired) electrons. The number of ether oxygens (including phenoxy) is 1. The summed E-state index contributed by atoms with van der Waals surface area (Å²) in [5.74, 6) is 0. The lowest BCUT2D eigenvalue weighted by molar-refractivity contribution is 0.0730. The second-order valence-electron chi connectivity index (χ2n) is 4.31. The number of rotatable bonds is 4. The first kappa shape index (κ1) is 14.7. The lowest BCUT2D eigenvalue weighted by Gasteiger charge is -2.26. The Bertz CT molecular complexity index is 542. The number of nitrogens with zero attached hydrogens (tertiary/aromatic N) is 1. The molecule has 0 bridgehead atoms. The monoisotopic (exact) mass is 304 g/mol. The van der Waals surface area contributed by atoms with Gasteiger partial charge in [-0.1, -0.05) is 17.7 Å². The van der Waals surface area contributed by atoms with Crippen molar-refractivity contribution < 1.29 is 13.2 Å². The maximum absolute atomic E-state index is 12.5. The van der Waals surface area contributed by atoms with Gasteiger partial charge in [0.25, 0.3) is 0 Å². The van der Waals surface area contributed by atoms with Crippen LogP contribution in [0.15, 0.2) is 23.1 Å². The van der Waals surface area contributed by atoms with Crippen molar-refractivity contribution >= 4 is 21.6 Å². The molecule has 0 amide bonds. The van der Waals surface area contributed by atoms with Crippen LogP contribution in [0.2, 0.25) is 5.02 Å². The molecule has 2 rings (SSSR count). The molecule has 0 spiro atoms. The van der Waals surface area contributed by atoms with Gasteiger partial charge in [-0.05, 0) is 24.7 Å². The van der Waals surface area contributed by atoms with Crippen LogP contribution in [0.1, 0.15) is 5.56 Å². The molecule has 7 heteroatoms. The molecule has 1 aliphatic heterocycles. The third kappa shape index (κ3) is 3.27. The fourth-order valence-electron chi connectivity index (χ4n) is 1.99. The van der Waals surface area contributed by atoms with Gasteiger partial charge in [-0.3, -0.25) is 0 Å². The molecule has 106 valence electrons. The summed E-state index contributed by atoms with van der Waals surface area (Å²) in [6.07, 6.45) is 0. The Morgan fingerprint density at radius 3 is 2.68 bits per heavy atom. The summed E-state index contributed by atoms with van der Waals surface area (Å²) in [6, 6.07) is 5.07. The summed E-state index contributed by atoms with van der Waals surface area (Å²) < 4.78 is 31.7. The summed E-state index contributed by atoms with van der Waals surface area (Å²) in [5.41, 5.74) is 0.888. The summed E-state index contributed by atoms with van der Waals surface area (Å²) >= 11 is 6.04. The second-order valence-corrected chi connectivity index (χ2v) is 6.63. The van der Waals surface area contributed by atoms with Crippen LogP contribution in [0.5, 0.6) is 0 Å². The summed E-state index contributed by atoms with van der Waals surface area (Å²) in [7, 11) is -1.73. The van der Waals surface area contributed by atoms with E-state index in [0.717, 1.165) is 5.56 Å². The van der Waals surface area contributed by atoms with Gasteiger partial charge in [-0.15, -0.1) is 0 Å². The highest BCUT2D eigenvalue weighted by atomic mass is 35.5. The summed E-state index contributed by atoms with van der Waals surface area (Å²) in [6.45, 7) is 2.19. The Hall–Kier alpha value is -0.660. The van der Waals surface area contributed by atoms with Crippen molar-refractivity contribution in [1.29, 1.82) is 0 Å². The predicted octanol–water partition coefficient (Wildman–Crippen LogP) is 1.08. The summed E-state index contributed by atoms with van der Waals surface area (Å²) in [5, 5.41) is 3.25. The van der Waals surface area contributed by atoms with Crippen molar-refractivity contribution in [1.82, 2.24) is 9.62 Å². The van der Waals surface area contributed by atoms with Gasteiger partial charge in [0.15, 0.2) is 0 Å². The van der Waals surface area contributed by atoms with Crippen LogP contribution >= 0.6 is 11.6 Å². The highest BCUT2D eigenvalue weighted by molar-refractivity contribution is 7.89. The van der Waals surface area contributed by atoms with E-state index in [1.807, 2.05) is 13.1 Å². The SMILES string of the molecule is CNCc1ccc(Cl)c(S(=O)(=O)N2CCOCC2)c1. The number of benzene rings is 1. The Labute approximate surface area is 118 Å². The van der Waals surface area contributed by atoms with Crippen LogP contribution in [0.3, 0.4) is 0 Å². The Morgan fingerprint density at radius 2 is 2.05 bits per heavy atom. The zero-order chi connectivity index (χ0) is 13.9. The molecule has 19 heavy (non-hydrogen) atoms. The molecule has 1 saturated heterocycles. The van der Waals surface area contributed by atoms with Crippen molar-refractivity contribution in [3.05, 3.63) is 28.8 Å². The van der Waals surface area contributed by atoms with Crippen molar-refractivity contribution in [2.24, 2.45) is 0 Å². The maximum Gasteiger partial charge on any atom is 0.244 e. The van der Waals surface area contributed by atoms with E-state index in [2.05, 4.69) is 5.32 Å². The molecule has 0 aromatic heterocycles. The topological polar surface area (TPSA) is 58.6 Å². The maximum atomic E-state index is 12.5. The van der Waals surface area contributed by atoms with Crippen molar-refractivity contribution in [3.8, 4) is 0 Å². The molecule has 1 aromatic rings. The van der Waals surface area contributed by atoms with Gasteiger partial charge in [0.1, 0.15) is 4.90 Å². The van der Waals surface area contributed by atoms with Crippen LogP contribution in [0, 0.1) is 0 Å². The Balaban J connectivity index is 2.35. The average Bonchev–Trinajstić information content (AvgIpc) is 2.42. The quantitative estimate of drug-likeness (QED) is 0.904. The number of hydrogen-bond acceptors (Lipinski definition) is 4. The lowest BCUT2D eigenvalue weighted by atomic mass is 10.2. The van der Waals surface area contributed by atoms with Crippen LogP contribution in [0.25, 0.3) is 0 Å². The molecular formula is C12H17ClN2O3S. The fraction of sp³-hybridized carbons (Fsp3) is 0.500. The van der Waals surface area contributed by atoms with E-state index in [1.54, 1.807) is 12.1 Å². The minimum Gasteiger partial charge on any atom is -0.379 e. The third-order valence-corrected chi connectivity index (χ3v) is 5.34. The van der Waals surface area contributed by atoms with E-state index < -0.39 is 10.0 Å². The number of morpholine rings is 1. The number of hydrogen-bond donors (Lipinski definition) is 1. The van der Waals surface area contributed by atoms with E-state index in [-0.39, 0.29) is 9.92 Å². The first-order valence-electron chi connectivity index (χ1n) is 6.06. The molecule has 0 aliphatic carbocycles. The molecule has 0 atom stereocenters. The Kier molecular flexibility index (Phi) is 4.81. The van der Waals surface area contributed by atoms with Gasteiger partial charge in [-0.2, -0.15) is 4.31 Å². The van der Waals surface area contributed by atoms with Crippen LogP contribution in [-0.4, -0.2) is 46.1 Å². The van der Waals surface area contributed by atoms with E-state index >= 15 is 0 Å². The molecule has 0 saturated carbocycles. The molecule has 0 unspecified atom stereocenters. The molecule has 1 N–H and O–H groups in total. The zero-order valence-electron chi connectivity index (χ0n) is 10.7. The second kappa shape index (κ2) is 6.19. The normalized spacial score (nSPS) is 17.6. The standard InChI is InChI=1S/C12H17ClN2O3S/c1-14-9-10-2-3-11(13)12(8-10)19(16,17)15-4-6-18-7-5-15/h2-3,8,14H,4-7,9H2,1H3. The van der Waals surface area contributed by atoms with Crippen molar-refractivity contribution in [2.75, 3.05) is 33.4 Å². The van der Waals surface area contributed by atoms with Gasteiger partial charge in [-0.25, -0.2) is 8.42 Å². The number of nitrogens with one attached hydrogen (secondary N) is 1. The zero-order valence-corrected chi connectivity index (χ0v) is 12.3. The first-order valence-corrected chi connectivity index (χ1v) is 7.88. The van der Waals surface area contributed by atoms with Crippen LogP contribution in [0.4, 0.5) is 0 Å². The largest absolute Gasteiger partial charge is 0.379 e. The molecule has 1 heterocycles. The van der Waals surface area contributed by atoms with Crippen molar-refractivity contribution in [3.63, 3.8) is 0 Å². The molecular weight excluding hydrogens is 288 g/mol. The molecule has 1 aliphatic rings. The minimum atomic E-state index is -3.54. The average molecular weight is 305 g/mol. The predicted molar refractivity (Wildman–Crippen MR) is 73.8 cm³/mol. The lowest BCUT2D eigenvalue weighted by Crippen LogP contribution is -2.40. The van der Waals surface area contributed by atoms with Gasteiger partial charge >= 0.3 is 0 Å². The van der Waals surface area contributed by atoms with E-state index in [1.165, 1.54) is 4.31 Å². The fourth-order valence-corrected chi connectivity index (χ4v) is 3.92. The van der Waals surface area contributed by atoms with E-state index in [9.17, 15) is 8.42 Å². The smallest absolute Gasteiger partial charge is 0.244 e. The van der Waals surface area contributed by atoms with Gasteiger partial charge in [0.05, 0.1) is 18.2 Å². The molecule has 1 fully saturated rings. The van der Waals surface area contributed by atoms with Gasteiger partial charge in [0.2, 0.25) is 10.0 Å². The van der Waals surface area contributed by atoms with E-state index in [0.29, 0.717) is 32.8 Å². The van der Waals surface area contributed by atoms with Crippen molar-refractivity contribution in [2.45, 2.75) is 11.4 Å². The van der Waals surface area contributed by atoms with Crippen LogP contribution in [-0.2, 0) is 21.3 Å². The third-order valence-electron chi connectivity index (χ3n) is 2.96. The van der Waals surface area contributed by atoms with E-state index in [4.69, 9.17) is 16.3 Å². The van der Waals surface area contributed by atoms with Gasteiger partial charge in [0, 0.05) is 19.6 Å². The van der Waals surface area contributed by atoms with Gasteiger partial charge < -0.3 is 10.1 Å². The highest BCUT2D eigenvalue weighted by Crippen LogP contribution is 2.26. The minimum absolute atomic E-state index is 0.170. The van der Waals surface area contributed by atoms with Crippen LogP contribution < -0.4 is 5.32 Å². The molecule has 1 aromatic carbocycles. The Morgan fingerprint density at radius 1 is 1.37 bits per heavy atom. The summed E-state index contributed by atoms with van der Waals surface area (Å²) in [4.78, 5) is 0.170. The number of sulfonamides is 1. The molecule has 5 nitrogen and oxygen atoms in total.